The van der Waals surface area contributed by atoms with Gasteiger partial charge in [-0.3, -0.25) is 9.69 Å². The second-order valence-corrected chi connectivity index (χ2v) is 10.7. The molecular weight excluding hydrogens is 447 g/mol. The van der Waals surface area contributed by atoms with Crippen LogP contribution < -0.4 is 5.32 Å². The number of carbonyl (C=O) groups is 2. The fraction of sp³-hybridized carbons (Fsp3) is 0.630. The van der Waals surface area contributed by atoms with Crippen molar-refractivity contribution in [1.82, 2.24) is 20.0 Å². The van der Waals surface area contributed by atoms with E-state index in [4.69, 9.17) is 4.74 Å². The Balaban J connectivity index is 1.59. The SMILES string of the molecule is C=CCN(CCC[C@@H](NC(=O)OC(C)(C)C)C(=O)N1CCN(C)CC1)[C@@H]1C[C@H]1c1ccc(F)cc1. The van der Waals surface area contributed by atoms with Crippen LogP contribution in [0.15, 0.2) is 36.9 Å². The molecule has 0 bridgehead atoms. The average molecular weight is 489 g/mol. The zero-order chi connectivity index (χ0) is 25.6. The van der Waals surface area contributed by atoms with Crippen LogP contribution in [0.2, 0.25) is 0 Å². The minimum Gasteiger partial charge on any atom is -0.444 e. The van der Waals surface area contributed by atoms with Crippen LogP contribution >= 0.6 is 0 Å². The molecule has 1 aliphatic carbocycles. The topological polar surface area (TPSA) is 65.1 Å². The third kappa shape index (κ3) is 8.32. The fourth-order valence-electron chi connectivity index (χ4n) is 4.66. The summed E-state index contributed by atoms with van der Waals surface area (Å²) in [6.45, 7) is 13.8. The Morgan fingerprint density at radius 1 is 1.23 bits per heavy atom. The summed E-state index contributed by atoms with van der Waals surface area (Å²) in [5.41, 5.74) is 0.522. The highest BCUT2D eigenvalue weighted by Gasteiger charge is 2.42. The molecule has 7 nitrogen and oxygen atoms in total. The predicted octanol–water partition coefficient (Wildman–Crippen LogP) is 3.62. The van der Waals surface area contributed by atoms with Gasteiger partial charge in [0.1, 0.15) is 17.5 Å². The zero-order valence-corrected chi connectivity index (χ0v) is 21.6. The van der Waals surface area contributed by atoms with Gasteiger partial charge in [0.2, 0.25) is 5.91 Å². The van der Waals surface area contributed by atoms with Gasteiger partial charge in [0.05, 0.1) is 0 Å². The molecule has 1 aromatic carbocycles. The molecule has 1 heterocycles. The molecule has 3 atom stereocenters. The molecule has 1 saturated heterocycles. The molecule has 1 aromatic rings. The van der Waals surface area contributed by atoms with E-state index in [0.717, 1.165) is 44.6 Å². The zero-order valence-electron chi connectivity index (χ0n) is 21.6. The van der Waals surface area contributed by atoms with Crippen LogP contribution in [0.25, 0.3) is 0 Å². The summed E-state index contributed by atoms with van der Waals surface area (Å²) in [7, 11) is 2.05. The summed E-state index contributed by atoms with van der Waals surface area (Å²) in [5, 5.41) is 2.83. The number of hydrogen-bond donors (Lipinski definition) is 1. The van der Waals surface area contributed by atoms with Gasteiger partial charge in [-0.15, -0.1) is 6.58 Å². The van der Waals surface area contributed by atoms with E-state index >= 15 is 0 Å². The second kappa shape index (κ2) is 12.0. The Morgan fingerprint density at radius 3 is 2.49 bits per heavy atom. The maximum absolute atomic E-state index is 13.3. The van der Waals surface area contributed by atoms with Gasteiger partial charge in [-0.25, -0.2) is 9.18 Å². The highest BCUT2D eigenvalue weighted by atomic mass is 19.1. The molecule has 3 rings (SSSR count). The Kier molecular flexibility index (Phi) is 9.30. The maximum Gasteiger partial charge on any atom is 0.408 e. The Hall–Kier alpha value is -2.45. The Labute approximate surface area is 209 Å². The number of alkyl carbamates (subject to hydrolysis) is 1. The van der Waals surface area contributed by atoms with E-state index < -0.39 is 17.7 Å². The van der Waals surface area contributed by atoms with Crippen molar-refractivity contribution in [2.45, 2.75) is 63.6 Å². The monoisotopic (exact) mass is 488 g/mol. The van der Waals surface area contributed by atoms with E-state index in [1.165, 1.54) is 12.1 Å². The molecule has 1 N–H and O–H groups in total. The first-order chi connectivity index (χ1) is 16.6. The molecule has 194 valence electrons. The summed E-state index contributed by atoms with van der Waals surface area (Å²) in [6.07, 6.45) is 3.64. The van der Waals surface area contributed by atoms with E-state index in [2.05, 4.69) is 21.7 Å². The standard InChI is InChI=1S/C27H41FN4O3/c1-6-13-31(24-19-22(24)20-9-11-21(28)12-10-20)14-7-8-23(29-26(34)35-27(2,3)4)25(33)32-17-15-30(5)16-18-32/h6,9-12,22-24H,1,7-8,13-19H2,2-5H3,(H,29,34)/t22-,23+,24+/m0/s1. The fourth-order valence-corrected chi connectivity index (χ4v) is 4.66. The third-order valence-corrected chi connectivity index (χ3v) is 6.63. The number of halogens is 1. The highest BCUT2D eigenvalue weighted by Crippen LogP contribution is 2.44. The molecule has 2 fully saturated rings. The van der Waals surface area contributed by atoms with Crippen molar-refractivity contribution in [1.29, 1.82) is 0 Å². The summed E-state index contributed by atoms with van der Waals surface area (Å²) >= 11 is 0. The van der Waals surface area contributed by atoms with Crippen LogP contribution in [0, 0.1) is 5.82 Å². The molecule has 0 aromatic heterocycles. The number of hydrogen-bond acceptors (Lipinski definition) is 5. The van der Waals surface area contributed by atoms with Crippen molar-refractivity contribution in [2.75, 3.05) is 46.3 Å². The van der Waals surface area contributed by atoms with Gasteiger partial charge in [0, 0.05) is 44.7 Å². The van der Waals surface area contributed by atoms with Gasteiger partial charge in [-0.05, 0) is 71.3 Å². The minimum absolute atomic E-state index is 0.0464. The first-order valence-electron chi connectivity index (χ1n) is 12.6. The molecular formula is C27H41FN4O3. The van der Waals surface area contributed by atoms with Crippen molar-refractivity contribution in [3.63, 3.8) is 0 Å². The normalized spacial score (nSPS) is 21.5. The average Bonchev–Trinajstić information content (AvgIpc) is 3.58. The minimum atomic E-state index is -0.631. The number of ether oxygens (including phenoxy) is 1. The van der Waals surface area contributed by atoms with E-state index in [-0.39, 0.29) is 11.7 Å². The van der Waals surface area contributed by atoms with E-state index in [1.54, 1.807) is 0 Å². The van der Waals surface area contributed by atoms with Crippen molar-refractivity contribution in [3.05, 3.63) is 48.3 Å². The van der Waals surface area contributed by atoms with Crippen LogP contribution in [0.1, 0.15) is 51.5 Å². The number of benzene rings is 1. The lowest BCUT2D eigenvalue weighted by Gasteiger charge is -2.35. The number of rotatable bonds is 10. The first kappa shape index (κ1) is 27.1. The smallest absolute Gasteiger partial charge is 0.408 e. The summed E-state index contributed by atoms with van der Waals surface area (Å²) in [6, 6.07) is 6.51. The van der Waals surface area contributed by atoms with Crippen LogP contribution in [-0.4, -0.2) is 90.7 Å². The number of nitrogens with one attached hydrogen (secondary N) is 1. The summed E-state index contributed by atoms with van der Waals surface area (Å²) in [5.74, 6) is 0.121. The van der Waals surface area contributed by atoms with E-state index in [1.807, 2.05) is 50.9 Å². The molecule has 0 unspecified atom stereocenters. The lowest BCUT2D eigenvalue weighted by Crippen LogP contribution is -2.54. The number of piperazine rings is 1. The highest BCUT2D eigenvalue weighted by molar-refractivity contribution is 5.85. The van der Waals surface area contributed by atoms with Crippen molar-refractivity contribution in [3.8, 4) is 0 Å². The molecule has 35 heavy (non-hydrogen) atoms. The van der Waals surface area contributed by atoms with Crippen LogP contribution in [0.4, 0.5) is 9.18 Å². The number of likely N-dealkylation sites (N-methyl/N-ethyl adjacent to an activating group) is 1. The van der Waals surface area contributed by atoms with Crippen LogP contribution in [0.3, 0.4) is 0 Å². The summed E-state index contributed by atoms with van der Waals surface area (Å²) in [4.78, 5) is 32.2. The number of carbonyl (C=O) groups excluding carboxylic acids is 2. The van der Waals surface area contributed by atoms with E-state index in [0.29, 0.717) is 31.5 Å². The lowest BCUT2D eigenvalue weighted by atomic mass is 10.1. The number of amides is 2. The third-order valence-electron chi connectivity index (χ3n) is 6.63. The van der Waals surface area contributed by atoms with Gasteiger partial charge < -0.3 is 19.9 Å². The number of nitrogens with zero attached hydrogens (tertiary/aromatic N) is 3. The molecule has 1 saturated carbocycles. The maximum atomic E-state index is 13.3. The molecule has 8 heteroatoms. The van der Waals surface area contributed by atoms with Crippen LogP contribution in [-0.2, 0) is 9.53 Å². The van der Waals surface area contributed by atoms with Crippen molar-refractivity contribution in [2.24, 2.45) is 0 Å². The van der Waals surface area contributed by atoms with Crippen molar-refractivity contribution < 1.29 is 18.7 Å². The summed E-state index contributed by atoms with van der Waals surface area (Å²) < 4.78 is 18.7. The van der Waals surface area contributed by atoms with Crippen LogP contribution in [0.5, 0.6) is 0 Å². The van der Waals surface area contributed by atoms with Crippen molar-refractivity contribution >= 4 is 12.0 Å². The lowest BCUT2D eigenvalue weighted by molar-refractivity contribution is -0.135. The molecule has 0 spiro atoms. The predicted molar refractivity (Wildman–Crippen MR) is 136 cm³/mol. The van der Waals surface area contributed by atoms with Gasteiger partial charge in [0.15, 0.2) is 0 Å². The Bertz CT molecular complexity index is 862. The molecule has 2 aliphatic rings. The molecule has 1 aliphatic heterocycles. The largest absolute Gasteiger partial charge is 0.444 e. The quantitative estimate of drug-likeness (QED) is 0.510. The Morgan fingerprint density at radius 2 is 1.89 bits per heavy atom. The molecule has 2 amide bonds. The van der Waals surface area contributed by atoms with Gasteiger partial charge >= 0.3 is 6.09 Å². The first-order valence-corrected chi connectivity index (χ1v) is 12.6. The van der Waals surface area contributed by atoms with Gasteiger partial charge in [-0.1, -0.05) is 18.2 Å². The second-order valence-electron chi connectivity index (χ2n) is 10.7. The molecule has 0 radical (unpaired) electrons. The van der Waals surface area contributed by atoms with Gasteiger partial charge in [-0.2, -0.15) is 0 Å². The van der Waals surface area contributed by atoms with Gasteiger partial charge in [0.25, 0.3) is 0 Å². The van der Waals surface area contributed by atoms with E-state index in [9.17, 15) is 14.0 Å².